The first-order valence-electron chi connectivity index (χ1n) is 7.89. The number of carbonyl (C=O) groups is 4. The van der Waals surface area contributed by atoms with Gasteiger partial charge in [0.1, 0.15) is 10.8 Å². The van der Waals surface area contributed by atoms with E-state index in [0.717, 1.165) is 11.3 Å². The molecule has 1 aromatic heterocycles. The molecular weight excluding hydrogens is 372 g/mol. The van der Waals surface area contributed by atoms with Crippen molar-refractivity contribution in [1.82, 2.24) is 0 Å². The van der Waals surface area contributed by atoms with Crippen LogP contribution in [-0.4, -0.2) is 36.3 Å². The van der Waals surface area contributed by atoms with Crippen molar-refractivity contribution in [3.05, 3.63) is 46.8 Å². The minimum atomic E-state index is -1.10. The number of anilines is 1. The number of amides is 2. The van der Waals surface area contributed by atoms with E-state index in [1.54, 1.807) is 23.6 Å². The lowest BCUT2D eigenvalue weighted by atomic mass is 10.1. The second-order valence-corrected chi connectivity index (χ2v) is 6.44. The zero-order chi connectivity index (χ0) is 20.0. The summed E-state index contributed by atoms with van der Waals surface area (Å²) >= 11 is 1.13. The lowest BCUT2D eigenvalue weighted by Crippen LogP contribution is -2.32. The smallest absolute Gasteiger partial charge is 0.344 e. The number of thiophene rings is 1. The fraction of sp³-hybridized carbons (Fsp3) is 0.222. The third-order valence-corrected chi connectivity index (χ3v) is 4.27. The minimum absolute atomic E-state index is 0.128. The molecule has 0 radical (unpaired) electrons. The first-order valence-corrected chi connectivity index (χ1v) is 8.77. The Hall–Kier alpha value is -3.20. The predicted molar refractivity (Wildman–Crippen MR) is 99.0 cm³/mol. The number of nitrogens with two attached hydrogens (primary N) is 1. The molecule has 1 aromatic carbocycles. The van der Waals surface area contributed by atoms with Crippen molar-refractivity contribution in [2.45, 2.75) is 20.0 Å². The van der Waals surface area contributed by atoms with Crippen molar-refractivity contribution < 1.29 is 28.7 Å². The van der Waals surface area contributed by atoms with E-state index in [-0.39, 0.29) is 16.3 Å². The fourth-order valence-electron chi connectivity index (χ4n) is 2.05. The molecule has 0 fully saturated rings. The van der Waals surface area contributed by atoms with Crippen molar-refractivity contribution in [2.24, 2.45) is 5.73 Å². The highest BCUT2D eigenvalue weighted by atomic mass is 32.1. The molecule has 2 rings (SSSR count). The number of carbonyl (C=O) groups excluding carboxylic acids is 4. The van der Waals surface area contributed by atoms with Gasteiger partial charge in [-0.15, -0.1) is 11.3 Å². The molecule has 0 aliphatic carbocycles. The number of hydrogen-bond donors (Lipinski definition) is 2. The van der Waals surface area contributed by atoms with Crippen molar-refractivity contribution in [3.63, 3.8) is 0 Å². The van der Waals surface area contributed by atoms with Gasteiger partial charge in [0.25, 0.3) is 11.8 Å². The molecule has 27 heavy (non-hydrogen) atoms. The van der Waals surface area contributed by atoms with Gasteiger partial charge < -0.3 is 20.5 Å². The van der Waals surface area contributed by atoms with E-state index < -0.39 is 30.5 Å². The summed E-state index contributed by atoms with van der Waals surface area (Å²) in [5, 5.41) is 4.39. The van der Waals surface area contributed by atoms with E-state index in [9.17, 15) is 19.2 Å². The summed E-state index contributed by atoms with van der Waals surface area (Å²) in [6.07, 6.45) is -1.10. The summed E-state index contributed by atoms with van der Waals surface area (Å²) in [7, 11) is 0. The van der Waals surface area contributed by atoms with Crippen LogP contribution >= 0.6 is 11.3 Å². The first kappa shape index (κ1) is 20.1. The average Bonchev–Trinajstić information content (AvgIpc) is 3.08. The largest absolute Gasteiger partial charge is 0.482 e. The van der Waals surface area contributed by atoms with Crippen LogP contribution in [0.2, 0.25) is 0 Å². The molecule has 0 saturated heterocycles. The third kappa shape index (κ3) is 5.65. The van der Waals surface area contributed by atoms with Crippen LogP contribution in [0.25, 0.3) is 0 Å². The monoisotopic (exact) mass is 390 g/mol. The molecule has 142 valence electrons. The minimum Gasteiger partial charge on any atom is -0.482 e. The third-order valence-electron chi connectivity index (χ3n) is 3.44. The molecule has 2 amide bonds. The number of ether oxygens (including phenoxy) is 2. The maximum absolute atomic E-state index is 12.1. The van der Waals surface area contributed by atoms with Crippen LogP contribution in [0.4, 0.5) is 5.00 Å². The highest BCUT2D eigenvalue weighted by Crippen LogP contribution is 2.23. The molecule has 1 heterocycles. The fourth-order valence-corrected chi connectivity index (χ4v) is 2.84. The molecule has 0 aliphatic heterocycles. The number of benzene rings is 1. The van der Waals surface area contributed by atoms with Crippen molar-refractivity contribution in [2.75, 3.05) is 11.9 Å². The number of hydrogen-bond acceptors (Lipinski definition) is 7. The highest BCUT2D eigenvalue weighted by Gasteiger charge is 2.21. The zero-order valence-electron chi connectivity index (χ0n) is 14.7. The molecule has 8 nitrogen and oxygen atoms in total. The Labute approximate surface area is 159 Å². The Morgan fingerprint density at radius 1 is 1.22 bits per heavy atom. The molecule has 0 bridgehead atoms. The van der Waals surface area contributed by atoms with Crippen LogP contribution in [0.5, 0.6) is 5.75 Å². The Balaban J connectivity index is 1.86. The second-order valence-electron chi connectivity index (χ2n) is 5.52. The van der Waals surface area contributed by atoms with Gasteiger partial charge in [0.05, 0.1) is 5.56 Å². The van der Waals surface area contributed by atoms with Crippen LogP contribution in [0.15, 0.2) is 35.7 Å². The van der Waals surface area contributed by atoms with Crippen LogP contribution in [0.3, 0.4) is 0 Å². The maximum atomic E-state index is 12.1. The van der Waals surface area contributed by atoms with Gasteiger partial charge in [0.15, 0.2) is 18.5 Å². The molecule has 1 atom stereocenters. The summed E-state index contributed by atoms with van der Waals surface area (Å²) < 4.78 is 10.3. The number of esters is 1. The number of primary amides is 1. The predicted octanol–water partition coefficient (Wildman–Crippen LogP) is 2.00. The SMILES string of the molecule is CC(=O)c1cccc(OCC(=O)O[C@@H](C)C(=O)Nc2sccc2C(N)=O)c1. The van der Waals surface area contributed by atoms with Gasteiger partial charge in [-0.05, 0) is 37.4 Å². The van der Waals surface area contributed by atoms with Gasteiger partial charge >= 0.3 is 5.97 Å². The average molecular weight is 390 g/mol. The number of Topliss-reactive ketones (excluding diaryl/α,β-unsaturated/α-hetero) is 1. The molecular formula is C18H18N2O6S. The van der Waals surface area contributed by atoms with E-state index >= 15 is 0 Å². The van der Waals surface area contributed by atoms with Gasteiger partial charge in [-0.2, -0.15) is 0 Å². The van der Waals surface area contributed by atoms with Crippen molar-refractivity contribution >= 4 is 39.9 Å². The summed E-state index contributed by atoms with van der Waals surface area (Å²) in [6.45, 7) is 2.39. The number of rotatable bonds is 8. The Bertz CT molecular complexity index is 876. The molecule has 2 aromatic rings. The number of ketones is 1. The van der Waals surface area contributed by atoms with Gasteiger partial charge in [-0.1, -0.05) is 12.1 Å². The van der Waals surface area contributed by atoms with Gasteiger partial charge in [0.2, 0.25) is 0 Å². The molecule has 0 unspecified atom stereocenters. The van der Waals surface area contributed by atoms with E-state index in [4.69, 9.17) is 15.2 Å². The highest BCUT2D eigenvalue weighted by molar-refractivity contribution is 7.14. The maximum Gasteiger partial charge on any atom is 0.344 e. The van der Waals surface area contributed by atoms with E-state index in [2.05, 4.69) is 5.32 Å². The van der Waals surface area contributed by atoms with Crippen LogP contribution in [-0.2, 0) is 14.3 Å². The van der Waals surface area contributed by atoms with E-state index in [1.807, 2.05) is 0 Å². The van der Waals surface area contributed by atoms with Crippen LogP contribution in [0, 0.1) is 0 Å². The van der Waals surface area contributed by atoms with Gasteiger partial charge in [0, 0.05) is 5.56 Å². The van der Waals surface area contributed by atoms with E-state index in [1.165, 1.54) is 26.0 Å². The Morgan fingerprint density at radius 3 is 2.63 bits per heavy atom. The van der Waals surface area contributed by atoms with Crippen LogP contribution in [0.1, 0.15) is 34.6 Å². The Morgan fingerprint density at radius 2 is 1.96 bits per heavy atom. The summed E-state index contributed by atoms with van der Waals surface area (Å²) in [4.78, 5) is 46.6. The normalized spacial score (nSPS) is 11.3. The van der Waals surface area contributed by atoms with Gasteiger partial charge in [-0.25, -0.2) is 4.79 Å². The molecule has 0 saturated carbocycles. The molecule has 0 aliphatic rings. The van der Waals surface area contributed by atoms with Gasteiger partial charge in [-0.3, -0.25) is 14.4 Å². The summed E-state index contributed by atoms with van der Waals surface area (Å²) in [6, 6.07) is 7.85. The first-order chi connectivity index (χ1) is 12.8. The lowest BCUT2D eigenvalue weighted by Gasteiger charge is -2.14. The van der Waals surface area contributed by atoms with Crippen LogP contribution < -0.4 is 15.8 Å². The Kier molecular flexibility index (Phi) is 6.67. The molecule has 3 N–H and O–H groups in total. The second kappa shape index (κ2) is 8.95. The standard InChI is InChI=1S/C18H18N2O6S/c1-10(21)12-4-3-5-13(8-12)25-9-15(22)26-11(2)17(24)20-18-14(16(19)23)6-7-27-18/h3-8,11H,9H2,1-2H3,(H2,19,23)(H,20,24)/t11-/m0/s1. The summed E-state index contributed by atoms with van der Waals surface area (Å²) in [5.74, 6) is -1.82. The molecule has 9 heteroatoms. The molecule has 0 spiro atoms. The topological polar surface area (TPSA) is 125 Å². The van der Waals surface area contributed by atoms with Crippen molar-refractivity contribution in [1.29, 1.82) is 0 Å². The lowest BCUT2D eigenvalue weighted by molar-refractivity contribution is -0.155. The zero-order valence-corrected chi connectivity index (χ0v) is 15.5. The number of nitrogens with one attached hydrogen (secondary N) is 1. The quantitative estimate of drug-likeness (QED) is 0.525. The van der Waals surface area contributed by atoms with E-state index in [0.29, 0.717) is 11.3 Å². The summed E-state index contributed by atoms with van der Waals surface area (Å²) in [5.41, 5.74) is 5.84. The van der Waals surface area contributed by atoms with Crippen molar-refractivity contribution in [3.8, 4) is 5.75 Å².